The Morgan fingerprint density at radius 3 is 2.00 bits per heavy atom. The van der Waals surface area contributed by atoms with Gasteiger partial charge in [-0.15, -0.1) is 0 Å². The van der Waals surface area contributed by atoms with E-state index in [0.29, 0.717) is 0 Å². The number of hydrogen-bond donors (Lipinski definition) is 1. The first-order chi connectivity index (χ1) is 4.39. The van der Waals surface area contributed by atoms with Crippen LogP contribution in [0.3, 0.4) is 0 Å². The molecule has 1 heterocycles. The topological polar surface area (TPSA) is 33.1 Å². The van der Waals surface area contributed by atoms with Gasteiger partial charge in [0.15, 0.2) is 0 Å². The highest BCUT2D eigenvalue weighted by molar-refractivity contribution is 6.30. The van der Waals surface area contributed by atoms with E-state index in [1.165, 1.54) is 0 Å². The molecule has 0 aliphatic rings. The summed E-state index contributed by atoms with van der Waals surface area (Å²) in [5, 5.41) is 7.73. The summed E-state index contributed by atoms with van der Waals surface area (Å²) in [7, 11) is 1.00. The molecule has 3 heteroatoms. The summed E-state index contributed by atoms with van der Waals surface area (Å²) in [4.78, 5) is 3.76. The Bertz CT molecular complexity index is 143. The van der Waals surface area contributed by atoms with Gasteiger partial charge >= 0.3 is 0 Å². The lowest BCUT2D eigenvalue weighted by molar-refractivity contribution is 0.399. The molecule has 0 aliphatic carbocycles. The molecule has 50 valence electrons. The van der Waals surface area contributed by atoms with Crippen molar-refractivity contribution in [2.24, 2.45) is 0 Å². The van der Waals surface area contributed by atoms with Crippen molar-refractivity contribution in [1.29, 1.82) is 0 Å². The largest absolute Gasteiger partial charge is 0.400 e. The summed E-state index contributed by atoms with van der Waals surface area (Å²) in [6.45, 7) is 0. The van der Waals surface area contributed by atoms with Gasteiger partial charge in [-0.05, 0) is 12.1 Å². The number of pyridine rings is 1. The third-order valence-corrected chi connectivity index (χ3v) is 0.892. The molecule has 1 N–H and O–H groups in total. The maximum absolute atomic E-state index is 7.00. The summed E-state index contributed by atoms with van der Waals surface area (Å²) in [6, 6.07) is 3.48. The van der Waals surface area contributed by atoms with E-state index in [2.05, 4.69) is 4.98 Å². The van der Waals surface area contributed by atoms with Crippen LogP contribution in [0.25, 0.3) is 0 Å². The zero-order chi connectivity index (χ0) is 7.11. The van der Waals surface area contributed by atoms with E-state index in [0.717, 1.165) is 12.1 Å². The number of nitrogens with zero attached hydrogens (tertiary/aromatic N) is 1. The maximum atomic E-state index is 7.00. The fourth-order valence-corrected chi connectivity index (χ4v) is 0.446. The number of rotatable bonds is 0. The molecule has 1 aromatic heterocycles. The summed E-state index contributed by atoms with van der Waals surface area (Å²) in [5.74, 6) is 0. The first kappa shape index (κ1) is 8.40. The van der Waals surface area contributed by atoms with Crippen LogP contribution in [0.2, 0.25) is 5.02 Å². The minimum absolute atomic E-state index is 0.731. The van der Waals surface area contributed by atoms with Crippen LogP contribution in [0, 0.1) is 0 Å². The first-order valence-corrected chi connectivity index (χ1v) is 2.77. The van der Waals surface area contributed by atoms with Crippen molar-refractivity contribution in [1.82, 2.24) is 4.98 Å². The van der Waals surface area contributed by atoms with Gasteiger partial charge in [-0.2, -0.15) is 0 Å². The molecule has 9 heavy (non-hydrogen) atoms. The maximum Gasteiger partial charge on any atom is 0.0436 e. The Labute approximate surface area is 59.1 Å². The smallest absolute Gasteiger partial charge is 0.0436 e. The lowest BCUT2D eigenvalue weighted by Gasteiger charge is -1.79. The van der Waals surface area contributed by atoms with Crippen LogP contribution in [0.4, 0.5) is 0 Å². The van der Waals surface area contributed by atoms with Crippen molar-refractivity contribution in [3.05, 3.63) is 29.5 Å². The third kappa shape index (κ3) is 3.94. The van der Waals surface area contributed by atoms with Gasteiger partial charge < -0.3 is 5.11 Å². The molecule has 0 radical (unpaired) electrons. The Balaban J connectivity index is 0.000000291. The molecule has 1 rings (SSSR count). The molecule has 2 nitrogen and oxygen atoms in total. The van der Waals surface area contributed by atoms with Crippen molar-refractivity contribution >= 4 is 11.6 Å². The van der Waals surface area contributed by atoms with E-state index in [-0.39, 0.29) is 0 Å². The molecule has 0 atom stereocenters. The van der Waals surface area contributed by atoms with Crippen LogP contribution >= 0.6 is 11.6 Å². The van der Waals surface area contributed by atoms with Crippen LogP contribution in [0.15, 0.2) is 24.5 Å². The summed E-state index contributed by atoms with van der Waals surface area (Å²) >= 11 is 5.50. The number of aliphatic hydroxyl groups is 1. The average Bonchev–Trinajstić information content (AvgIpc) is 1.94. The third-order valence-electron chi connectivity index (χ3n) is 0.640. The molecule has 0 bridgehead atoms. The van der Waals surface area contributed by atoms with E-state index >= 15 is 0 Å². The van der Waals surface area contributed by atoms with Gasteiger partial charge in [0.25, 0.3) is 0 Å². The summed E-state index contributed by atoms with van der Waals surface area (Å²) in [5.41, 5.74) is 0. The van der Waals surface area contributed by atoms with Gasteiger partial charge in [0, 0.05) is 24.5 Å². The lowest BCUT2D eigenvalue weighted by atomic mass is 10.5. The Hall–Kier alpha value is -0.600. The Morgan fingerprint density at radius 2 is 1.78 bits per heavy atom. The molecule has 0 aliphatic heterocycles. The standard InChI is InChI=1S/C5H4ClN.CH4O/c6-5-1-3-7-4-2-5;1-2/h1-4H;2H,1H3. The quantitative estimate of drug-likeness (QED) is 0.598. The van der Waals surface area contributed by atoms with Gasteiger partial charge in [-0.3, -0.25) is 4.98 Å². The molecule has 0 amide bonds. The number of hydrogen-bond acceptors (Lipinski definition) is 2. The zero-order valence-corrected chi connectivity index (χ0v) is 5.84. The predicted molar refractivity (Wildman–Crippen MR) is 37.4 cm³/mol. The second-order valence-electron chi connectivity index (χ2n) is 1.17. The van der Waals surface area contributed by atoms with Crippen LogP contribution < -0.4 is 0 Å². The van der Waals surface area contributed by atoms with Crippen LogP contribution in [-0.4, -0.2) is 17.2 Å². The molecule has 0 spiro atoms. The number of aromatic nitrogens is 1. The van der Waals surface area contributed by atoms with Gasteiger partial charge in [0.1, 0.15) is 0 Å². The monoisotopic (exact) mass is 145 g/mol. The summed E-state index contributed by atoms with van der Waals surface area (Å²) < 4.78 is 0. The van der Waals surface area contributed by atoms with Crippen molar-refractivity contribution in [3.63, 3.8) is 0 Å². The molecule has 0 saturated carbocycles. The molecule has 0 aromatic carbocycles. The zero-order valence-electron chi connectivity index (χ0n) is 5.08. The highest BCUT2D eigenvalue weighted by Crippen LogP contribution is 2.01. The minimum Gasteiger partial charge on any atom is -0.400 e. The first-order valence-electron chi connectivity index (χ1n) is 2.40. The molecule has 1 aromatic rings. The number of aliphatic hydroxyl groups excluding tert-OH is 1. The van der Waals surface area contributed by atoms with Crippen LogP contribution in [0.1, 0.15) is 0 Å². The van der Waals surface area contributed by atoms with Gasteiger partial charge in [0.2, 0.25) is 0 Å². The van der Waals surface area contributed by atoms with Gasteiger partial charge in [-0.25, -0.2) is 0 Å². The van der Waals surface area contributed by atoms with Gasteiger partial charge in [-0.1, -0.05) is 11.6 Å². The highest BCUT2D eigenvalue weighted by atomic mass is 35.5. The molecule has 0 saturated heterocycles. The van der Waals surface area contributed by atoms with Crippen molar-refractivity contribution in [3.8, 4) is 0 Å². The van der Waals surface area contributed by atoms with Crippen molar-refractivity contribution in [2.45, 2.75) is 0 Å². The second kappa shape index (κ2) is 5.54. The van der Waals surface area contributed by atoms with E-state index in [1.807, 2.05) is 0 Å². The highest BCUT2D eigenvalue weighted by Gasteiger charge is 1.75. The van der Waals surface area contributed by atoms with Crippen molar-refractivity contribution < 1.29 is 5.11 Å². The normalized spacial score (nSPS) is 7.44. The molecular weight excluding hydrogens is 138 g/mol. The van der Waals surface area contributed by atoms with Crippen LogP contribution in [0.5, 0.6) is 0 Å². The van der Waals surface area contributed by atoms with E-state index in [1.54, 1.807) is 24.5 Å². The number of halogens is 1. The fourth-order valence-electron chi connectivity index (χ4n) is 0.334. The van der Waals surface area contributed by atoms with Crippen molar-refractivity contribution in [2.75, 3.05) is 7.11 Å². The molecule has 0 unspecified atom stereocenters. The Morgan fingerprint density at radius 1 is 1.33 bits per heavy atom. The average molecular weight is 146 g/mol. The van der Waals surface area contributed by atoms with Gasteiger partial charge in [0.05, 0.1) is 0 Å². The van der Waals surface area contributed by atoms with Crippen LogP contribution in [-0.2, 0) is 0 Å². The predicted octanol–water partition coefficient (Wildman–Crippen LogP) is 1.34. The van der Waals surface area contributed by atoms with E-state index < -0.39 is 0 Å². The summed E-state index contributed by atoms with van der Waals surface area (Å²) in [6.07, 6.45) is 3.31. The molecular formula is C6H8ClNO. The molecule has 0 fully saturated rings. The lowest BCUT2D eigenvalue weighted by Crippen LogP contribution is -1.63. The minimum atomic E-state index is 0.731. The Kier molecular flexibility index (Phi) is 5.17. The van der Waals surface area contributed by atoms with E-state index in [9.17, 15) is 0 Å². The second-order valence-corrected chi connectivity index (χ2v) is 1.60. The SMILES string of the molecule is CO.Clc1ccncc1. The fraction of sp³-hybridized carbons (Fsp3) is 0.167. The van der Waals surface area contributed by atoms with E-state index in [4.69, 9.17) is 16.7 Å².